The van der Waals surface area contributed by atoms with Gasteiger partial charge in [-0.05, 0) is 31.0 Å². The summed E-state index contributed by atoms with van der Waals surface area (Å²) in [6, 6.07) is 3.71. The molecule has 1 saturated heterocycles. The number of benzene rings is 1. The molecule has 0 amide bonds. The summed E-state index contributed by atoms with van der Waals surface area (Å²) in [5.74, 6) is -1.79. The Kier molecular flexibility index (Phi) is 4.14. The lowest BCUT2D eigenvalue weighted by atomic mass is 9.92. The zero-order chi connectivity index (χ0) is 15.0. The second kappa shape index (κ2) is 5.39. The van der Waals surface area contributed by atoms with Crippen molar-refractivity contribution < 1.29 is 18.2 Å². The second-order valence-electron chi connectivity index (χ2n) is 5.67. The standard InChI is InChI=1S/C15H21F2NO2/c1-4-11(2)18(19)8-7-15(10-18,20-3)12-5-6-13(16)14(17)9-12/h5-6,9,11H,4,7-8,10H2,1-3H3. The Morgan fingerprint density at radius 3 is 2.65 bits per heavy atom. The van der Waals surface area contributed by atoms with E-state index >= 15 is 0 Å². The number of hydroxylamine groups is 3. The van der Waals surface area contributed by atoms with Gasteiger partial charge in [-0.1, -0.05) is 13.0 Å². The number of hydrogen-bond donors (Lipinski definition) is 0. The zero-order valence-corrected chi connectivity index (χ0v) is 12.2. The molecule has 0 N–H and O–H groups in total. The molecule has 20 heavy (non-hydrogen) atoms. The molecule has 1 heterocycles. The summed E-state index contributed by atoms with van der Waals surface area (Å²) in [4.78, 5) is 0. The van der Waals surface area contributed by atoms with Gasteiger partial charge < -0.3 is 14.6 Å². The normalized spacial score (nSPS) is 31.5. The highest BCUT2D eigenvalue weighted by Gasteiger charge is 2.48. The maximum atomic E-state index is 13.4. The van der Waals surface area contributed by atoms with Crippen LogP contribution in [0.5, 0.6) is 0 Å². The molecule has 0 saturated carbocycles. The molecule has 0 aromatic heterocycles. The van der Waals surface area contributed by atoms with Crippen LogP contribution in [-0.4, -0.2) is 30.9 Å². The number of nitrogens with zero attached hydrogens (tertiary/aromatic N) is 1. The van der Waals surface area contributed by atoms with Crippen molar-refractivity contribution in [3.63, 3.8) is 0 Å². The van der Waals surface area contributed by atoms with Crippen LogP contribution in [0.2, 0.25) is 0 Å². The molecule has 3 atom stereocenters. The average molecular weight is 285 g/mol. The monoisotopic (exact) mass is 285 g/mol. The zero-order valence-electron chi connectivity index (χ0n) is 12.2. The molecule has 5 heteroatoms. The highest BCUT2D eigenvalue weighted by atomic mass is 19.2. The highest BCUT2D eigenvalue weighted by Crippen LogP contribution is 2.40. The molecule has 1 aromatic carbocycles. The molecule has 0 bridgehead atoms. The van der Waals surface area contributed by atoms with Gasteiger partial charge in [0.15, 0.2) is 11.6 Å². The average Bonchev–Trinajstić information content (AvgIpc) is 2.81. The molecule has 0 radical (unpaired) electrons. The van der Waals surface area contributed by atoms with Gasteiger partial charge in [0.1, 0.15) is 12.1 Å². The number of methoxy groups -OCH3 is 1. The van der Waals surface area contributed by atoms with Gasteiger partial charge in [0.2, 0.25) is 0 Å². The first-order chi connectivity index (χ1) is 9.37. The van der Waals surface area contributed by atoms with E-state index < -0.39 is 17.2 Å². The molecule has 1 aliphatic heterocycles. The van der Waals surface area contributed by atoms with Crippen molar-refractivity contribution in [1.29, 1.82) is 0 Å². The Bertz CT molecular complexity index is 497. The fraction of sp³-hybridized carbons (Fsp3) is 0.600. The first-order valence-corrected chi connectivity index (χ1v) is 6.95. The lowest BCUT2D eigenvalue weighted by Gasteiger charge is -2.45. The summed E-state index contributed by atoms with van der Waals surface area (Å²) in [5.41, 5.74) is -0.280. The molecule has 0 aliphatic carbocycles. The molecular formula is C15H21F2NO2. The third kappa shape index (κ3) is 2.45. The van der Waals surface area contributed by atoms with Crippen molar-refractivity contribution >= 4 is 0 Å². The quantitative estimate of drug-likeness (QED) is 0.628. The van der Waals surface area contributed by atoms with Crippen LogP contribution in [0.4, 0.5) is 8.78 Å². The van der Waals surface area contributed by atoms with Crippen molar-refractivity contribution in [2.75, 3.05) is 20.2 Å². The van der Waals surface area contributed by atoms with Crippen LogP contribution in [0.15, 0.2) is 18.2 Å². The Morgan fingerprint density at radius 1 is 1.40 bits per heavy atom. The van der Waals surface area contributed by atoms with Crippen molar-refractivity contribution in [3.05, 3.63) is 40.6 Å². The first-order valence-electron chi connectivity index (χ1n) is 6.95. The third-order valence-electron chi connectivity index (χ3n) is 4.65. The van der Waals surface area contributed by atoms with Gasteiger partial charge >= 0.3 is 0 Å². The third-order valence-corrected chi connectivity index (χ3v) is 4.65. The van der Waals surface area contributed by atoms with E-state index in [-0.39, 0.29) is 17.2 Å². The Labute approximate surface area is 118 Å². The number of quaternary nitrogens is 1. The van der Waals surface area contributed by atoms with Crippen molar-refractivity contribution in [2.24, 2.45) is 0 Å². The molecule has 1 aliphatic rings. The van der Waals surface area contributed by atoms with Crippen LogP contribution in [0.1, 0.15) is 32.3 Å². The summed E-state index contributed by atoms with van der Waals surface area (Å²) in [6.45, 7) is 4.57. The Balaban J connectivity index is 2.34. The molecule has 1 aromatic rings. The van der Waals surface area contributed by atoms with Gasteiger partial charge in [-0.2, -0.15) is 0 Å². The van der Waals surface area contributed by atoms with Crippen LogP contribution in [0, 0.1) is 16.8 Å². The molecule has 1 fully saturated rings. The lowest BCUT2D eigenvalue weighted by molar-refractivity contribution is -0.895. The Hall–Kier alpha value is -1.04. The van der Waals surface area contributed by atoms with Crippen molar-refractivity contribution in [2.45, 2.75) is 38.3 Å². The Morgan fingerprint density at radius 2 is 2.10 bits per heavy atom. The fourth-order valence-corrected chi connectivity index (χ4v) is 2.97. The predicted octanol–water partition coefficient (Wildman–Crippen LogP) is 3.32. The van der Waals surface area contributed by atoms with E-state index in [1.54, 1.807) is 0 Å². The van der Waals surface area contributed by atoms with E-state index in [2.05, 4.69) is 0 Å². The van der Waals surface area contributed by atoms with Crippen LogP contribution in [0.25, 0.3) is 0 Å². The van der Waals surface area contributed by atoms with E-state index in [4.69, 9.17) is 4.74 Å². The topological polar surface area (TPSA) is 32.3 Å². The van der Waals surface area contributed by atoms with Gasteiger partial charge in [0, 0.05) is 13.5 Å². The number of hydrogen-bond acceptors (Lipinski definition) is 2. The first kappa shape index (κ1) is 15.4. The van der Waals surface area contributed by atoms with Crippen LogP contribution < -0.4 is 0 Å². The minimum Gasteiger partial charge on any atom is -0.633 e. The maximum absolute atomic E-state index is 13.4. The second-order valence-corrected chi connectivity index (χ2v) is 5.67. The van der Waals surface area contributed by atoms with Gasteiger partial charge in [-0.3, -0.25) is 0 Å². The van der Waals surface area contributed by atoms with E-state index in [1.165, 1.54) is 13.2 Å². The summed E-state index contributed by atoms with van der Waals surface area (Å²) in [7, 11) is 1.52. The number of likely N-dealkylation sites (tertiary alicyclic amines) is 1. The van der Waals surface area contributed by atoms with Gasteiger partial charge in [-0.15, -0.1) is 0 Å². The molecule has 3 unspecified atom stereocenters. The molecule has 0 spiro atoms. The van der Waals surface area contributed by atoms with E-state index in [0.29, 0.717) is 18.5 Å². The number of halogens is 2. The minimum absolute atomic E-state index is 0.0303. The summed E-state index contributed by atoms with van der Waals surface area (Å²) >= 11 is 0. The summed E-state index contributed by atoms with van der Waals surface area (Å²) in [6.07, 6.45) is 1.30. The number of rotatable bonds is 4. The summed E-state index contributed by atoms with van der Waals surface area (Å²) in [5, 5.41) is 12.8. The predicted molar refractivity (Wildman–Crippen MR) is 72.8 cm³/mol. The molecule has 2 rings (SSSR count). The van der Waals surface area contributed by atoms with Crippen LogP contribution in [-0.2, 0) is 10.3 Å². The maximum Gasteiger partial charge on any atom is 0.159 e. The minimum atomic E-state index is -0.904. The van der Waals surface area contributed by atoms with E-state index in [0.717, 1.165) is 18.6 Å². The van der Waals surface area contributed by atoms with Gasteiger partial charge in [-0.25, -0.2) is 8.78 Å². The molecular weight excluding hydrogens is 264 g/mol. The van der Waals surface area contributed by atoms with E-state index in [9.17, 15) is 14.0 Å². The number of ether oxygens (including phenoxy) is 1. The van der Waals surface area contributed by atoms with Gasteiger partial charge in [0.05, 0.1) is 12.6 Å². The van der Waals surface area contributed by atoms with Crippen molar-refractivity contribution in [3.8, 4) is 0 Å². The largest absolute Gasteiger partial charge is 0.633 e. The van der Waals surface area contributed by atoms with Crippen LogP contribution >= 0.6 is 0 Å². The SMILES string of the molecule is CCC(C)[N+]1([O-])CCC(OC)(c2ccc(F)c(F)c2)C1. The smallest absolute Gasteiger partial charge is 0.159 e. The molecule has 112 valence electrons. The molecule has 3 nitrogen and oxygen atoms in total. The lowest BCUT2D eigenvalue weighted by Crippen LogP contribution is -2.49. The van der Waals surface area contributed by atoms with Crippen molar-refractivity contribution in [1.82, 2.24) is 0 Å². The summed E-state index contributed by atoms with van der Waals surface area (Å²) < 4.78 is 31.7. The van der Waals surface area contributed by atoms with E-state index in [1.807, 2.05) is 13.8 Å². The highest BCUT2D eigenvalue weighted by molar-refractivity contribution is 5.25. The van der Waals surface area contributed by atoms with Crippen LogP contribution in [0.3, 0.4) is 0 Å². The fourth-order valence-electron chi connectivity index (χ4n) is 2.97. The van der Waals surface area contributed by atoms with Gasteiger partial charge in [0.25, 0.3) is 0 Å².